The van der Waals surface area contributed by atoms with Crippen LogP contribution in [0.1, 0.15) is 10.4 Å². The highest BCUT2D eigenvalue weighted by Crippen LogP contribution is 2.32. The van der Waals surface area contributed by atoms with Crippen molar-refractivity contribution in [2.24, 2.45) is 0 Å². The molecule has 0 fully saturated rings. The van der Waals surface area contributed by atoms with Gasteiger partial charge in [-0.15, -0.1) is 11.8 Å². The number of rotatable bonds is 7. The van der Waals surface area contributed by atoms with Crippen LogP contribution in [0, 0.1) is 10.1 Å². The highest BCUT2D eigenvalue weighted by Gasteiger charge is 2.13. The van der Waals surface area contributed by atoms with Gasteiger partial charge >= 0.3 is 0 Å². The summed E-state index contributed by atoms with van der Waals surface area (Å²) >= 11 is 1.36. The lowest BCUT2D eigenvalue weighted by Gasteiger charge is -2.19. The zero-order chi connectivity index (χ0) is 23.2. The van der Waals surface area contributed by atoms with Gasteiger partial charge in [0.1, 0.15) is 13.2 Å². The second-order valence-corrected chi connectivity index (χ2v) is 8.03. The quantitative estimate of drug-likeness (QED) is 0.302. The Morgan fingerprint density at radius 3 is 2.24 bits per heavy atom. The van der Waals surface area contributed by atoms with E-state index < -0.39 is 4.92 Å². The molecule has 0 bridgehead atoms. The molecule has 2 amide bonds. The molecule has 0 atom stereocenters. The van der Waals surface area contributed by atoms with E-state index in [1.54, 1.807) is 42.5 Å². The van der Waals surface area contributed by atoms with Gasteiger partial charge in [-0.3, -0.25) is 19.7 Å². The third kappa shape index (κ3) is 5.80. The van der Waals surface area contributed by atoms with Gasteiger partial charge in [-0.05, 0) is 48.5 Å². The topological polar surface area (TPSA) is 120 Å². The maximum Gasteiger partial charge on any atom is 0.269 e. The summed E-state index contributed by atoms with van der Waals surface area (Å²) in [6.07, 6.45) is 0. The van der Waals surface area contributed by atoms with E-state index in [0.717, 1.165) is 4.90 Å². The molecule has 2 N–H and O–H groups in total. The van der Waals surface area contributed by atoms with Crippen LogP contribution in [0.4, 0.5) is 17.1 Å². The van der Waals surface area contributed by atoms with Crippen LogP contribution in [0.3, 0.4) is 0 Å². The van der Waals surface area contributed by atoms with Gasteiger partial charge < -0.3 is 20.1 Å². The van der Waals surface area contributed by atoms with Crippen molar-refractivity contribution in [2.75, 3.05) is 29.6 Å². The van der Waals surface area contributed by atoms with Crippen molar-refractivity contribution in [1.29, 1.82) is 0 Å². The maximum absolute atomic E-state index is 12.3. The highest BCUT2D eigenvalue weighted by atomic mass is 32.2. The molecule has 168 valence electrons. The van der Waals surface area contributed by atoms with Crippen LogP contribution in [0.2, 0.25) is 0 Å². The first-order valence-electron chi connectivity index (χ1n) is 9.96. The number of non-ortho nitro benzene ring substituents is 1. The van der Waals surface area contributed by atoms with Crippen LogP contribution < -0.4 is 20.1 Å². The van der Waals surface area contributed by atoms with Crippen LogP contribution >= 0.6 is 11.8 Å². The number of anilines is 2. The van der Waals surface area contributed by atoms with E-state index in [2.05, 4.69) is 10.6 Å². The Hall–Kier alpha value is -4.05. The number of hydrogen-bond acceptors (Lipinski definition) is 7. The number of carbonyl (C=O) groups excluding carboxylic acids is 2. The molecule has 0 aliphatic carbocycles. The summed E-state index contributed by atoms with van der Waals surface area (Å²) in [6.45, 7) is 0.986. The van der Waals surface area contributed by atoms with E-state index >= 15 is 0 Å². The van der Waals surface area contributed by atoms with E-state index in [1.165, 1.54) is 36.0 Å². The number of carbonyl (C=O) groups is 2. The van der Waals surface area contributed by atoms with Crippen molar-refractivity contribution in [3.8, 4) is 11.5 Å². The third-order valence-corrected chi connectivity index (χ3v) is 5.66. The molecule has 0 saturated heterocycles. The summed E-state index contributed by atoms with van der Waals surface area (Å²) in [7, 11) is 0. The van der Waals surface area contributed by atoms with Gasteiger partial charge in [0.15, 0.2) is 11.5 Å². The largest absolute Gasteiger partial charge is 0.486 e. The molecule has 10 heteroatoms. The molecule has 9 nitrogen and oxygen atoms in total. The van der Waals surface area contributed by atoms with Crippen molar-refractivity contribution < 1.29 is 24.0 Å². The Kier molecular flexibility index (Phi) is 6.75. The SMILES string of the molecule is O=C(CSc1ccc(NC(=O)c2ccc([N+](=O)[O-])cc2)cc1)Nc1ccc2c(c1)OCCO2. The number of ether oxygens (including phenoxy) is 2. The first-order valence-corrected chi connectivity index (χ1v) is 10.9. The molecule has 3 aromatic carbocycles. The van der Waals surface area contributed by atoms with Crippen molar-refractivity contribution in [2.45, 2.75) is 4.90 Å². The molecule has 0 saturated carbocycles. The molecule has 4 rings (SSSR count). The summed E-state index contributed by atoms with van der Waals surface area (Å²) in [4.78, 5) is 35.6. The van der Waals surface area contributed by atoms with Gasteiger partial charge in [-0.25, -0.2) is 0 Å². The smallest absolute Gasteiger partial charge is 0.269 e. The van der Waals surface area contributed by atoms with E-state index in [9.17, 15) is 19.7 Å². The fourth-order valence-corrected chi connectivity index (χ4v) is 3.74. The molecule has 1 heterocycles. The number of nitrogens with one attached hydrogen (secondary N) is 2. The predicted molar refractivity (Wildman–Crippen MR) is 124 cm³/mol. The van der Waals surface area contributed by atoms with Crippen LogP contribution in [0.5, 0.6) is 11.5 Å². The molecule has 0 aromatic heterocycles. The predicted octanol–water partition coefficient (Wildman–Crippen LogP) is 4.35. The fraction of sp³-hybridized carbons (Fsp3) is 0.130. The minimum atomic E-state index is -0.519. The number of hydrogen-bond donors (Lipinski definition) is 2. The zero-order valence-electron chi connectivity index (χ0n) is 17.3. The van der Waals surface area contributed by atoms with E-state index in [-0.39, 0.29) is 23.3 Å². The van der Waals surface area contributed by atoms with Gasteiger partial charge in [-0.1, -0.05) is 0 Å². The molecule has 1 aliphatic rings. The van der Waals surface area contributed by atoms with E-state index in [1.807, 2.05) is 0 Å². The Morgan fingerprint density at radius 1 is 0.879 bits per heavy atom. The average molecular weight is 465 g/mol. The summed E-state index contributed by atoms with van der Waals surface area (Å²) < 4.78 is 11.0. The van der Waals surface area contributed by atoms with E-state index in [4.69, 9.17) is 9.47 Å². The average Bonchev–Trinajstić information content (AvgIpc) is 2.83. The Morgan fingerprint density at radius 2 is 1.55 bits per heavy atom. The standard InChI is InChI=1S/C23H19N3O6S/c27-22(24-17-5-10-20-21(13-17)32-12-11-31-20)14-33-19-8-3-16(4-9-19)25-23(28)15-1-6-18(7-2-15)26(29)30/h1-10,13H,11-12,14H2,(H,24,27)(H,25,28). The number of nitro groups is 1. The van der Waals surface area contributed by atoms with Crippen LogP contribution in [0.25, 0.3) is 0 Å². The summed E-state index contributed by atoms with van der Waals surface area (Å²) in [5.41, 5.74) is 1.44. The minimum absolute atomic E-state index is 0.0778. The summed E-state index contributed by atoms with van der Waals surface area (Å²) in [6, 6.07) is 17.7. The molecule has 0 spiro atoms. The van der Waals surface area contributed by atoms with E-state index in [0.29, 0.717) is 41.7 Å². The van der Waals surface area contributed by atoms with Crippen molar-refractivity contribution in [3.05, 3.63) is 82.4 Å². The second-order valence-electron chi connectivity index (χ2n) is 6.98. The monoisotopic (exact) mass is 465 g/mol. The van der Waals surface area contributed by atoms with Crippen LogP contribution in [-0.2, 0) is 4.79 Å². The lowest BCUT2D eigenvalue weighted by atomic mass is 10.2. The molecular weight excluding hydrogens is 446 g/mol. The highest BCUT2D eigenvalue weighted by molar-refractivity contribution is 8.00. The van der Waals surface area contributed by atoms with Gasteiger partial charge in [0.05, 0.1) is 10.7 Å². The number of fused-ring (bicyclic) bond motifs is 1. The second kappa shape index (κ2) is 10.0. The van der Waals surface area contributed by atoms with Crippen molar-refractivity contribution in [3.63, 3.8) is 0 Å². The van der Waals surface area contributed by atoms with Gasteiger partial charge in [0.25, 0.3) is 11.6 Å². The first kappa shape index (κ1) is 22.2. The lowest BCUT2D eigenvalue weighted by Crippen LogP contribution is -2.17. The van der Waals surface area contributed by atoms with Crippen LogP contribution in [-0.4, -0.2) is 35.7 Å². The number of amides is 2. The molecule has 33 heavy (non-hydrogen) atoms. The molecule has 1 aliphatic heterocycles. The molecule has 0 radical (unpaired) electrons. The Labute approximate surface area is 193 Å². The Bertz CT molecular complexity index is 1180. The number of nitro benzene ring substituents is 1. The lowest BCUT2D eigenvalue weighted by molar-refractivity contribution is -0.384. The zero-order valence-corrected chi connectivity index (χ0v) is 18.1. The van der Waals surface area contributed by atoms with Gasteiger partial charge in [-0.2, -0.15) is 0 Å². The number of nitrogens with zero attached hydrogens (tertiary/aromatic N) is 1. The number of benzene rings is 3. The molecule has 0 unspecified atom stereocenters. The van der Waals surface area contributed by atoms with Crippen molar-refractivity contribution in [1.82, 2.24) is 0 Å². The normalized spacial score (nSPS) is 12.0. The molecular formula is C23H19N3O6S. The number of thioether (sulfide) groups is 1. The summed E-state index contributed by atoms with van der Waals surface area (Å²) in [5.74, 6) is 0.951. The van der Waals surface area contributed by atoms with Crippen molar-refractivity contribution >= 4 is 40.6 Å². The fourth-order valence-electron chi connectivity index (χ4n) is 3.04. The van der Waals surface area contributed by atoms with Gasteiger partial charge in [0.2, 0.25) is 5.91 Å². The maximum atomic E-state index is 12.3. The minimum Gasteiger partial charge on any atom is -0.486 e. The third-order valence-electron chi connectivity index (χ3n) is 4.65. The van der Waals surface area contributed by atoms with Gasteiger partial charge in [0, 0.05) is 40.0 Å². The first-order chi connectivity index (χ1) is 16.0. The summed E-state index contributed by atoms with van der Waals surface area (Å²) in [5, 5.41) is 16.3. The van der Waals surface area contributed by atoms with Crippen LogP contribution in [0.15, 0.2) is 71.6 Å². The molecule has 3 aromatic rings. The Balaban J connectivity index is 1.27.